The first-order valence-corrected chi connectivity index (χ1v) is 5.17. The third-order valence-electron chi connectivity index (χ3n) is 1.96. The maximum atomic E-state index is 11.7. The van der Waals surface area contributed by atoms with Crippen LogP contribution >= 0.6 is 0 Å². The van der Waals surface area contributed by atoms with Gasteiger partial charge in [0.05, 0.1) is 13.2 Å². The molecule has 1 aromatic heterocycles. The summed E-state index contributed by atoms with van der Waals surface area (Å²) in [5, 5.41) is 10.6. The SMILES string of the molecule is CCOC(=O)C(C(=O)OCC)c1nnnn1C. The van der Waals surface area contributed by atoms with Crippen LogP contribution in [0.15, 0.2) is 0 Å². The van der Waals surface area contributed by atoms with Crippen molar-refractivity contribution >= 4 is 11.9 Å². The Labute approximate surface area is 97.9 Å². The molecule has 1 aromatic rings. The standard InChI is InChI=1S/C9H14N4O4/c1-4-16-8(14)6(9(15)17-5-2)7-10-11-12-13(7)3/h6H,4-5H2,1-3H3. The lowest BCUT2D eigenvalue weighted by atomic mass is 10.1. The van der Waals surface area contributed by atoms with Gasteiger partial charge in [0.2, 0.25) is 5.92 Å². The minimum Gasteiger partial charge on any atom is -0.465 e. The number of rotatable bonds is 5. The number of carbonyl (C=O) groups excluding carboxylic acids is 2. The number of hydrogen-bond donors (Lipinski definition) is 0. The van der Waals surface area contributed by atoms with Crippen molar-refractivity contribution in [3.63, 3.8) is 0 Å². The Morgan fingerprint density at radius 2 is 1.76 bits per heavy atom. The van der Waals surface area contributed by atoms with Crippen LogP contribution in [-0.4, -0.2) is 45.4 Å². The minimum atomic E-state index is -1.24. The first kappa shape index (κ1) is 13.1. The van der Waals surface area contributed by atoms with Gasteiger partial charge >= 0.3 is 11.9 Å². The Kier molecular flexibility index (Phi) is 4.56. The van der Waals surface area contributed by atoms with Gasteiger partial charge in [0, 0.05) is 7.05 Å². The molecule has 0 radical (unpaired) electrons. The van der Waals surface area contributed by atoms with Crippen LogP contribution in [0.1, 0.15) is 25.6 Å². The molecule has 94 valence electrons. The highest BCUT2D eigenvalue weighted by atomic mass is 16.6. The lowest BCUT2D eigenvalue weighted by Gasteiger charge is -2.12. The van der Waals surface area contributed by atoms with Crippen LogP contribution in [0.5, 0.6) is 0 Å². The van der Waals surface area contributed by atoms with Crippen molar-refractivity contribution in [2.75, 3.05) is 13.2 Å². The largest absolute Gasteiger partial charge is 0.465 e. The highest BCUT2D eigenvalue weighted by Crippen LogP contribution is 2.15. The van der Waals surface area contributed by atoms with E-state index in [1.807, 2.05) is 0 Å². The molecule has 1 heterocycles. The molecule has 0 aliphatic rings. The van der Waals surface area contributed by atoms with Gasteiger partial charge in [0.1, 0.15) is 0 Å². The number of carbonyl (C=O) groups is 2. The number of esters is 2. The Morgan fingerprint density at radius 1 is 1.24 bits per heavy atom. The van der Waals surface area contributed by atoms with Crippen LogP contribution in [0, 0.1) is 0 Å². The number of ether oxygens (including phenoxy) is 2. The molecule has 0 atom stereocenters. The van der Waals surface area contributed by atoms with Gasteiger partial charge in [-0.15, -0.1) is 5.10 Å². The molecule has 8 heteroatoms. The maximum Gasteiger partial charge on any atom is 0.328 e. The third-order valence-corrected chi connectivity index (χ3v) is 1.96. The Balaban J connectivity index is 2.98. The van der Waals surface area contributed by atoms with Crippen LogP contribution in [-0.2, 0) is 26.1 Å². The van der Waals surface area contributed by atoms with Crippen molar-refractivity contribution in [3.05, 3.63) is 5.82 Å². The summed E-state index contributed by atoms with van der Waals surface area (Å²) in [5.74, 6) is -2.58. The highest BCUT2D eigenvalue weighted by molar-refractivity contribution is 6.00. The number of aryl methyl sites for hydroxylation is 1. The fourth-order valence-electron chi connectivity index (χ4n) is 1.24. The maximum absolute atomic E-state index is 11.7. The fourth-order valence-corrected chi connectivity index (χ4v) is 1.24. The molecule has 0 saturated heterocycles. The van der Waals surface area contributed by atoms with Crippen LogP contribution in [0.3, 0.4) is 0 Å². The van der Waals surface area contributed by atoms with E-state index >= 15 is 0 Å². The van der Waals surface area contributed by atoms with Crippen molar-refractivity contribution in [1.82, 2.24) is 20.2 Å². The van der Waals surface area contributed by atoms with Crippen LogP contribution in [0.2, 0.25) is 0 Å². The first-order chi connectivity index (χ1) is 8.11. The lowest BCUT2D eigenvalue weighted by Crippen LogP contribution is -2.28. The van der Waals surface area contributed by atoms with E-state index < -0.39 is 17.9 Å². The molecule has 0 N–H and O–H groups in total. The van der Waals surface area contributed by atoms with E-state index in [0.29, 0.717) is 0 Å². The van der Waals surface area contributed by atoms with E-state index in [1.165, 1.54) is 11.7 Å². The molecule has 1 rings (SSSR count). The third kappa shape index (κ3) is 2.99. The van der Waals surface area contributed by atoms with E-state index in [-0.39, 0.29) is 19.0 Å². The first-order valence-electron chi connectivity index (χ1n) is 5.17. The van der Waals surface area contributed by atoms with Gasteiger partial charge in [0.15, 0.2) is 5.82 Å². The van der Waals surface area contributed by atoms with Crippen molar-refractivity contribution in [2.45, 2.75) is 19.8 Å². The smallest absolute Gasteiger partial charge is 0.328 e. The molecule has 8 nitrogen and oxygen atoms in total. The second-order valence-electron chi connectivity index (χ2n) is 3.10. The molecule has 0 aromatic carbocycles. The molecule has 0 unspecified atom stereocenters. The minimum absolute atomic E-state index is 0.0990. The fraction of sp³-hybridized carbons (Fsp3) is 0.667. The number of aromatic nitrogens is 4. The van der Waals surface area contributed by atoms with Gasteiger partial charge in [-0.3, -0.25) is 9.59 Å². The molecule has 0 fully saturated rings. The normalized spacial score (nSPS) is 10.4. The van der Waals surface area contributed by atoms with Gasteiger partial charge in [-0.1, -0.05) is 0 Å². The second-order valence-corrected chi connectivity index (χ2v) is 3.10. The molecule has 0 bridgehead atoms. The number of hydrogen-bond acceptors (Lipinski definition) is 7. The summed E-state index contributed by atoms with van der Waals surface area (Å²) in [6.07, 6.45) is 0. The summed E-state index contributed by atoms with van der Waals surface area (Å²) in [4.78, 5) is 23.4. The zero-order chi connectivity index (χ0) is 12.8. The molecular weight excluding hydrogens is 228 g/mol. The molecular formula is C9H14N4O4. The van der Waals surface area contributed by atoms with Crippen LogP contribution < -0.4 is 0 Å². The van der Waals surface area contributed by atoms with Crippen molar-refractivity contribution < 1.29 is 19.1 Å². The zero-order valence-electron chi connectivity index (χ0n) is 9.91. The summed E-state index contributed by atoms with van der Waals surface area (Å²) in [7, 11) is 1.53. The van der Waals surface area contributed by atoms with Gasteiger partial charge in [-0.25, -0.2) is 4.68 Å². The predicted octanol–water partition coefficient (Wildman–Crippen LogP) is -0.580. The monoisotopic (exact) mass is 242 g/mol. The summed E-state index contributed by atoms with van der Waals surface area (Å²) in [5.41, 5.74) is 0. The topological polar surface area (TPSA) is 96.2 Å². The van der Waals surface area contributed by atoms with Crippen LogP contribution in [0.4, 0.5) is 0 Å². The molecule has 0 saturated carbocycles. The summed E-state index contributed by atoms with van der Waals surface area (Å²) < 4.78 is 10.8. The summed E-state index contributed by atoms with van der Waals surface area (Å²) >= 11 is 0. The van der Waals surface area contributed by atoms with E-state index in [2.05, 4.69) is 15.5 Å². The average Bonchev–Trinajstić information content (AvgIpc) is 2.66. The van der Waals surface area contributed by atoms with Gasteiger partial charge < -0.3 is 9.47 Å². The molecule has 0 spiro atoms. The van der Waals surface area contributed by atoms with Crippen molar-refractivity contribution in [1.29, 1.82) is 0 Å². The van der Waals surface area contributed by atoms with E-state index in [4.69, 9.17) is 9.47 Å². The van der Waals surface area contributed by atoms with Crippen molar-refractivity contribution in [3.8, 4) is 0 Å². The molecule has 0 amide bonds. The van der Waals surface area contributed by atoms with E-state index in [0.717, 1.165) is 0 Å². The number of nitrogens with zero attached hydrogens (tertiary/aromatic N) is 4. The van der Waals surface area contributed by atoms with Crippen LogP contribution in [0.25, 0.3) is 0 Å². The number of tetrazole rings is 1. The van der Waals surface area contributed by atoms with Crippen molar-refractivity contribution in [2.24, 2.45) is 7.05 Å². The molecule has 17 heavy (non-hydrogen) atoms. The summed E-state index contributed by atoms with van der Waals surface area (Å²) in [6, 6.07) is 0. The second kappa shape index (κ2) is 5.92. The molecule has 0 aliphatic carbocycles. The van der Waals surface area contributed by atoms with Gasteiger partial charge in [0.25, 0.3) is 0 Å². The average molecular weight is 242 g/mol. The zero-order valence-corrected chi connectivity index (χ0v) is 9.91. The Morgan fingerprint density at radius 3 is 2.12 bits per heavy atom. The van der Waals surface area contributed by atoms with E-state index in [9.17, 15) is 9.59 Å². The Hall–Kier alpha value is -1.99. The lowest BCUT2D eigenvalue weighted by molar-refractivity contribution is -0.157. The quantitative estimate of drug-likeness (QED) is 0.503. The summed E-state index contributed by atoms with van der Waals surface area (Å²) in [6.45, 7) is 3.63. The van der Waals surface area contributed by atoms with Gasteiger partial charge in [-0.05, 0) is 24.3 Å². The molecule has 0 aliphatic heterocycles. The predicted molar refractivity (Wildman–Crippen MR) is 54.8 cm³/mol. The Bertz CT molecular complexity index is 385. The highest BCUT2D eigenvalue weighted by Gasteiger charge is 2.35. The van der Waals surface area contributed by atoms with E-state index in [1.54, 1.807) is 13.8 Å². The van der Waals surface area contributed by atoms with Gasteiger partial charge in [-0.2, -0.15) is 0 Å².